The lowest BCUT2D eigenvalue weighted by Crippen LogP contribution is -2.26. The molecule has 0 aliphatic heterocycles. The first kappa shape index (κ1) is 21.0. The molecule has 1 N–H and O–H groups in total. The van der Waals surface area contributed by atoms with E-state index in [1.807, 2.05) is 31.2 Å². The van der Waals surface area contributed by atoms with E-state index in [-0.39, 0.29) is 18.2 Å². The highest BCUT2D eigenvalue weighted by Crippen LogP contribution is 2.25. The highest BCUT2D eigenvalue weighted by molar-refractivity contribution is 7.91. The molecule has 2 aromatic carbocycles. The average Bonchev–Trinajstić information content (AvgIpc) is 3.23. The van der Waals surface area contributed by atoms with Crippen LogP contribution in [0, 0.1) is 0 Å². The molecule has 3 rings (SSSR count). The summed E-state index contributed by atoms with van der Waals surface area (Å²) in [6.45, 7) is 2.80. The maximum atomic E-state index is 12.3. The van der Waals surface area contributed by atoms with E-state index in [1.54, 1.807) is 35.7 Å². The van der Waals surface area contributed by atoms with Crippen LogP contribution in [0.4, 0.5) is 0 Å². The van der Waals surface area contributed by atoms with Gasteiger partial charge in [-0.05, 0) is 49.7 Å². The number of hydrogen-bond donors (Lipinski definition) is 1. The standard InChI is InChI=1S/C21H22N2O4S2/c1-2-27-17-11-9-16(10-12-17)21-23-19(15-28-21)20(24)22-13-6-14-29(25,26)18-7-4-3-5-8-18/h3-5,7-12,15H,2,6,13-14H2,1H3,(H,22,24). The van der Waals surface area contributed by atoms with Crippen LogP contribution in [0.5, 0.6) is 5.75 Å². The third-order valence-electron chi connectivity index (χ3n) is 4.13. The van der Waals surface area contributed by atoms with Gasteiger partial charge in [0.2, 0.25) is 0 Å². The van der Waals surface area contributed by atoms with E-state index in [4.69, 9.17) is 4.74 Å². The average molecular weight is 431 g/mol. The summed E-state index contributed by atoms with van der Waals surface area (Å²) in [4.78, 5) is 17.0. The number of rotatable bonds is 9. The fourth-order valence-electron chi connectivity index (χ4n) is 2.67. The van der Waals surface area contributed by atoms with Crippen molar-refractivity contribution < 1.29 is 17.9 Å². The van der Waals surface area contributed by atoms with Gasteiger partial charge in [0.25, 0.3) is 5.91 Å². The molecular weight excluding hydrogens is 408 g/mol. The predicted molar refractivity (Wildman–Crippen MR) is 114 cm³/mol. The molecule has 0 aliphatic carbocycles. The zero-order valence-electron chi connectivity index (χ0n) is 16.0. The number of ether oxygens (including phenoxy) is 1. The predicted octanol–water partition coefficient (Wildman–Crippen LogP) is 3.80. The summed E-state index contributed by atoms with van der Waals surface area (Å²) >= 11 is 1.38. The van der Waals surface area contributed by atoms with Gasteiger partial charge in [0, 0.05) is 17.5 Å². The van der Waals surface area contributed by atoms with E-state index in [0.717, 1.165) is 16.3 Å². The van der Waals surface area contributed by atoms with Crippen LogP contribution in [0.2, 0.25) is 0 Å². The lowest BCUT2D eigenvalue weighted by Gasteiger charge is -2.05. The monoisotopic (exact) mass is 430 g/mol. The normalized spacial score (nSPS) is 11.2. The first-order valence-electron chi connectivity index (χ1n) is 9.24. The summed E-state index contributed by atoms with van der Waals surface area (Å²) in [5.74, 6) is 0.456. The van der Waals surface area contributed by atoms with E-state index in [1.165, 1.54) is 11.3 Å². The van der Waals surface area contributed by atoms with Gasteiger partial charge in [-0.25, -0.2) is 13.4 Å². The first-order valence-corrected chi connectivity index (χ1v) is 11.8. The number of hydrogen-bond acceptors (Lipinski definition) is 6. The molecule has 8 heteroatoms. The Kier molecular flexibility index (Phi) is 7.00. The summed E-state index contributed by atoms with van der Waals surface area (Å²) in [6, 6.07) is 15.9. The van der Waals surface area contributed by atoms with Crippen molar-refractivity contribution in [1.29, 1.82) is 0 Å². The van der Waals surface area contributed by atoms with Crippen molar-refractivity contribution in [3.05, 3.63) is 65.7 Å². The topological polar surface area (TPSA) is 85.4 Å². The Morgan fingerprint density at radius 1 is 1.10 bits per heavy atom. The fraction of sp³-hybridized carbons (Fsp3) is 0.238. The maximum absolute atomic E-state index is 12.3. The number of carbonyl (C=O) groups is 1. The summed E-state index contributed by atoms with van der Waals surface area (Å²) in [6.07, 6.45) is 0.332. The van der Waals surface area contributed by atoms with Crippen molar-refractivity contribution >= 4 is 27.1 Å². The lowest BCUT2D eigenvalue weighted by molar-refractivity contribution is 0.0949. The molecule has 1 amide bonds. The molecule has 0 unspecified atom stereocenters. The molecule has 29 heavy (non-hydrogen) atoms. The van der Waals surface area contributed by atoms with E-state index in [9.17, 15) is 13.2 Å². The molecule has 1 aromatic heterocycles. The molecular formula is C21H22N2O4S2. The molecule has 0 radical (unpaired) electrons. The second kappa shape index (κ2) is 9.67. The van der Waals surface area contributed by atoms with Crippen LogP contribution in [0.1, 0.15) is 23.8 Å². The van der Waals surface area contributed by atoms with Crippen LogP contribution in [0.3, 0.4) is 0 Å². The molecule has 0 bridgehead atoms. The van der Waals surface area contributed by atoms with Gasteiger partial charge in [0.15, 0.2) is 9.84 Å². The number of nitrogens with zero attached hydrogens (tertiary/aromatic N) is 1. The summed E-state index contributed by atoms with van der Waals surface area (Å²) < 4.78 is 29.9. The van der Waals surface area contributed by atoms with Gasteiger partial charge in [-0.1, -0.05) is 18.2 Å². The molecule has 0 aliphatic rings. The van der Waals surface area contributed by atoms with Crippen LogP contribution in [0.25, 0.3) is 10.6 Å². The zero-order chi connectivity index (χ0) is 20.7. The second-order valence-electron chi connectivity index (χ2n) is 6.24. The largest absolute Gasteiger partial charge is 0.494 e. The number of nitrogens with one attached hydrogen (secondary N) is 1. The summed E-state index contributed by atoms with van der Waals surface area (Å²) in [7, 11) is -3.34. The SMILES string of the molecule is CCOc1ccc(-c2nc(C(=O)NCCCS(=O)(=O)c3ccccc3)cs2)cc1. The molecule has 0 fully saturated rings. The fourth-order valence-corrected chi connectivity index (χ4v) is 4.81. The van der Waals surface area contributed by atoms with E-state index in [2.05, 4.69) is 10.3 Å². The van der Waals surface area contributed by atoms with Crippen molar-refractivity contribution in [2.24, 2.45) is 0 Å². The first-order chi connectivity index (χ1) is 14.0. The Morgan fingerprint density at radius 2 is 1.83 bits per heavy atom. The Labute approximate surface area is 174 Å². The number of aromatic nitrogens is 1. The van der Waals surface area contributed by atoms with Crippen LogP contribution in [-0.2, 0) is 9.84 Å². The number of carbonyl (C=O) groups excluding carboxylic acids is 1. The number of benzene rings is 2. The van der Waals surface area contributed by atoms with Crippen LogP contribution < -0.4 is 10.1 Å². The molecule has 152 valence electrons. The van der Waals surface area contributed by atoms with E-state index in [0.29, 0.717) is 23.6 Å². The minimum absolute atomic E-state index is 0.0220. The molecule has 0 spiro atoms. The Hall–Kier alpha value is -2.71. The summed E-state index contributed by atoms with van der Waals surface area (Å²) in [5, 5.41) is 5.17. The number of sulfone groups is 1. The minimum atomic E-state index is -3.34. The van der Waals surface area contributed by atoms with Crippen molar-refractivity contribution in [3.8, 4) is 16.3 Å². The van der Waals surface area contributed by atoms with Gasteiger partial charge in [0.05, 0.1) is 17.3 Å². The third-order valence-corrected chi connectivity index (χ3v) is 6.83. The van der Waals surface area contributed by atoms with Crippen molar-refractivity contribution in [2.45, 2.75) is 18.2 Å². The third kappa shape index (κ3) is 5.65. The summed E-state index contributed by atoms with van der Waals surface area (Å²) in [5.41, 5.74) is 1.23. The maximum Gasteiger partial charge on any atom is 0.270 e. The Morgan fingerprint density at radius 3 is 2.52 bits per heavy atom. The Balaban J connectivity index is 1.51. The quantitative estimate of drug-likeness (QED) is 0.522. The molecule has 0 saturated heterocycles. The lowest BCUT2D eigenvalue weighted by atomic mass is 10.2. The van der Waals surface area contributed by atoms with Crippen molar-refractivity contribution in [2.75, 3.05) is 18.9 Å². The van der Waals surface area contributed by atoms with Gasteiger partial charge in [-0.15, -0.1) is 11.3 Å². The smallest absolute Gasteiger partial charge is 0.270 e. The highest BCUT2D eigenvalue weighted by atomic mass is 32.2. The van der Waals surface area contributed by atoms with Crippen molar-refractivity contribution in [1.82, 2.24) is 10.3 Å². The zero-order valence-corrected chi connectivity index (χ0v) is 17.6. The van der Waals surface area contributed by atoms with Crippen molar-refractivity contribution in [3.63, 3.8) is 0 Å². The van der Waals surface area contributed by atoms with Crippen LogP contribution >= 0.6 is 11.3 Å². The molecule has 0 saturated carbocycles. The van der Waals surface area contributed by atoms with Gasteiger partial charge >= 0.3 is 0 Å². The number of thiazole rings is 1. The molecule has 6 nitrogen and oxygen atoms in total. The Bertz CT molecular complexity index is 1050. The van der Waals surface area contributed by atoms with Gasteiger partial charge in [0.1, 0.15) is 16.5 Å². The van der Waals surface area contributed by atoms with Gasteiger partial charge in [-0.3, -0.25) is 4.79 Å². The van der Waals surface area contributed by atoms with E-state index < -0.39 is 9.84 Å². The van der Waals surface area contributed by atoms with Gasteiger partial charge < -0.3 is 10.1 Å². The molecule has 1 heterocycles. The van der Waals surface area contributed by atoms with E-state index >= 15 is 0 Å². The number of amides is 1. The van der Waals surface area contributed by atoms with Gasteiger partial charge in [-0.2, -0.15) is 0 Å². The highest BCUT2D eigenvalue weighted by Gasteiger charge is 2.15. The second-order valence-corrected chi connectivity index (χ2v) is 9.20. The molecule has 3 aromatic rings. The van der Waals surface area contributed by atoms with Crippen LogP contribution in [-0.4, -0.2) is 38.2 Å². The van der Waals surface area contributed by atoms with Crippen LogP contribution in [0.15, 0.2) is 64.9 Å². The molecule has 0 atom stereocenters. The minimum Gasteiger partial charge on any atom is -0.494 e.